The summed E-state index contributed by atoms with van der Waals surface area (Å²) in [6.45, 7) is 5.17. The van der Waals surface area contributed by atoms with Gasteiger partial charge in [-0.3, -0.25) is 0 Å². The van der Waals surface area contributed by atoms with Gasteiger partial charge in [0.1, 0.15) is 23.1 Å². The number of benzene rings is 2. The van der Waals surface area contributed by atoms with Gasteiger partial charge in [0, 0.05) is 11.6 Å². The van der Waals surface area contributed by atoms with Gasteiger partial charge in [0.05, 0.1) is 0 Å². The van der Waals surface area contributed by atoms with Crippen LogP contribution in [0, 0.1) is 25.5 Å². The predicted molar refractivity (Wildman–Crippen MR) is 75.0 cm³/mol. The van der Waals surface area contributed by atoms with E-state index < -0.39 is 0 Å². The van der Waals surface area contributed by atoms with Crippen LogP contribution in [0.4, 0.5) is 8.78 Å². The second-order valence-electron chi connectivity index (χ2n) is 4.94. The molecule has 2 aromatic carbocycles. The minimum atomic E-state index is -0.360. The largest absolute Gasteiger partial charge is 0.457 e. The molecule has 0 aliphatic rings. The van der Waals surface area contributed by atoms with E-state index in [2.05, 4.69) is 0 Å². The Kier molecular flexibility index (Phi) is 4.04. The minimum absolute atomic E-state index is 0.319. The molecule has 0 saturated heterocycles. The third-order valence-corrected chi connectivity index (χ3v) is 3.14. The van der Waals surface area contributed by atoms with Crippen LogP contribution in [-0.2, 0) is 0 Å². The van der Waals surface area contributed by atoms with Crippen molar-refractivity contribution in [3.8, 4) is 11.5 Å². The van der Waals surface area contributed by atoms with Crippen molar-refractivity contribution in [3.05, 3.63) is 58.7 Å². The normalized spacial score (nSPS) is 12.3. The van der Waals surface area contributed by atoms with Crippen molar-refractivity contribution in [2.24, 2.45) is 5.73 Å². The first-order chi connectivity index (χ1) is 9.38. The third kappa shape index (κ3) is 2.96. The molecular formula is C16H17F2NO. The summed E-state index contributed by atoms with van der Waals surface area (Å²) in [6, 6.07) is 6.89. The Balaban J connectivity index is 2.44. The Morgan fingerprint density at radius 3 is 2.30 bits per heavy atom. The molecule has 0 fully saturated rings. The highest BCUT2D eigenvalue weighted by atomic mass is 19.1. The molecule has 2 nitrogen and oxygen atoms in total. The first-order valence-corrected chi connectivity index (χ1v) is 6.38. The van der Waals surface area contributed by atoms with Crippen LogP contribution in [0.15, 0.2) is 30.3 Å². The standard InChI is InChI=1S/C16H17F2NO/c1-9-7-16(13(11(3)19)8-14(9)18)20-15-5-4-12(17)6-10(15)2/h4-8,11H,19H2,1-3H3/t11-/m1/s1. The lowest BCUT2D eigenvalue weighted by atomic mass is 10.0. The lowest BCUT2D eigenvalue weighted by molar-refractivity contribution is 0.463. The first-order valence-electron chi connectivity index (χ1n) is 6.38. The van der Waals surface area contributed by atoms with E-state index in [0.29, 0.717) is 28.2 Å². The third-order valence-electron chi connectivity index (χ3n) is 3.14. The molecule has 0 amide bonds. The summed E-state index contributed by atoms with van der Waals surface area (Å²) >= 11 is 0. The van der Waals surface area contributed by atoms with E-state index in [0.717, 1.165) is 0 Å². The molecule has 0 aromatic heterocycles. The molecular weight excluding hydrogens is 260 g/mol. The van der Waals surface area contributed by atoms with E-state index in [-0.39, 0.29) is 17.7 Å². The molecule has 0 radical (unpaired) electrons. The smallest absolute Gasteiger partial charge is 0.132 e. The van der Waals surface area contributed by atoms with Gasteiger partial charge in [0.2, 0.25) is 0 Å². The monoisotopic (exact) mass is 277 g/mol. The Hall–Kier alpha value is -1.94. The minimum Gasteiger partial charge on any atom is -0.457 e. The maximum absolute atomic E-state index is 13.6. The molecule has 0 aliphatic carbocycles. The van der Waals surface area contributed by atoms with Gasteiger partial charge in [-0.2, -0.15) is 0 Å². The summed E-state index contributed by atoms with van der Waals surface area (Å²) in [5.74, 6) is 0.381. The number of hydrogen-bond acceptors (Lipinski definition) is 2. The van der Waals surface area contributed by atoms with Gasteiger partial charge in [-0.15, -0.1) is 0 Å². The highest BCUT2D eigenvalue weighted by Gasteiger charge is 2.14. The predicted octanol–water partition coefficient (Wildman–Crippen LogP) is 4.39. The summed E-state index contributed by atoms with van der Waals surface area (Å²) in [4.78, 5) is 0. The lowest BCUT2D eigenvalue weighted by Crippen LogP contribution is -2.08. The SMILES string of the molecule is Cc1cc(Oc2ccc(F)cc2C)c([C@@H](C)N)cc1F. The van der Waals surface area contributed by atoms with E-state index in [1.165, 1.54) is 18.2 Å². The van der Waals surface area contributed by atoms with E-state index in [1.807, 2.05) is 0 Å². The zero-order valence-corrected chi connectivity index (χ0v) is 11.7. The van der Waals surface area contributed by atoms with Gasteiger partial charge < -0.3 is 10.5 Å². The number of rotatable bonds is 3. The zero-order chi connectivity index (χ0) is 14.9. The second kappa shape index (κ2) is 5.59. The average Bonchev–Trinajstić information content (AvgIpc) is 2.36. The molecule has 0 saturated carbocycles. The molecule has 0 spiro atoms. The highest BCUT2D eigenvalue weighted by molar-refractivity contribution is 5.44. The highest BCUT2D eigenvalue weighted by Crippen LogP contribution is 2.32. The Labute approximate surface area is 117 Å². The second-order valence-corrected chi connectivity index (χ2v) is 4.94. The van der Waals surface area contributed by atoms with Crippen LogP contribution in [0.5, 0.6) is 11.5 Å². The zero-order valence-electron chi connectivity index (χ0n) is 11.7. The van der Waals surface area contributed by atoms with Crippen LogP contribution < -0.4 is 10.5 Å². The Bertz CT molecular complexity index is 639. The van der Waals surface area contributed by atoms with Crippen molar-refractivity contribution in [3.63, 3.8) is 0 Å². The number of ether oxygens (including phenoxy) is 1. The van der Waals surface area contributed by atoms with Crippen LogP contribution in [0.2, 0.25) is 0 Å². The van der Waals surface area contributed by atoms with Gasteiger partial charge in [0.15, 0.2) is 0 Å². The maximum atomic E-state index is 13.6. The van der Waals surface area contributed by atoms with Crippen LogP contribution in [-0.4, -0.2) is 0 Å². The molecule has 1 atom stereocenters. The topological polar surface area (TPSA) is 35.2 Å². The molecule has 0 unspecified atom stereocenters. The number of nitrogens with two attached hydrogens (primary N) is 1. The maximum Gasteiger partial charge on any atom is 0.132 e. The molecule has 2 aromatic rings. The number of aryl methyl sites for hydroxylation is 2. The summed E-state index contributed by atoms with van der Waals surface area (Å²) in [6.07, 6.45) is 0. The lowest BCUT2D eigenvalue weighted by Gasteiger charge is -2.16. The molecule has 0 bridgehead atoms. The summed E-state index contributed by atoms with van der Waals surface area (Å²) in [5, 5.41) is 0. The van der Waals surface area contributed by atoms with Gasteiger partial charge in [-0.05, 0) is 62.2 Å². The summed E-state index contributed by atoms with van der Waals surface area (Å²) < 4.78 is 32.5. The Morgan fingerprint density at radius 2 is 1.70 bits per heavy atom. The van der Waals surface area contributed by atoms with Gasteiger partial charge >= 0.3 is 0 Å². The van der Waals surface area contributed by atoms with Crippen LogP contribution in [0.3, 0.4) is 0 Å². The first kappa shape index (κ1) is 14.5. The van der Waals surface area contributed by atoms with E-state index in [1.54, 1.807) is 32.9 Å². The molecule has 0 heterocycles. The molecule has 106 valence electrons. The molecule has 2 N–H and O–H groups in total. The van der Waals surface area contributed by atoms with E-state index >= 15 is 0 Å². The summed E-state index contributed by atoms with van der Waals surface area (Å²) in [7, 11) is 0. The number of hydrogen-bond donors (Lipinski definition) is 1. The van der Waals surface area contributed by atoms with Crippen LogP contribution in [0.25, 0.3) is 0 Å². The fourth-order valence-electron chi connectivity index (χ4n) is 1.96. The van der Waals surface area contributed by atoms with Gasteiger partial charge in [-0.1, -0.05) is 0 Å². The van der Waals surface area contributed by atoms with Crippen molar-refractivity contribution < 1.29 is 13.5 Å². The van der Waals surface area contributed by atoms with Gasteiger partial charge in [-0.25, -0.2) is 8.78 Å². The fraction of sp³-hybridized carbons (Fsp3) is 0.250. The van der Waals surface area contributed by atoms with Crippen molar-refractivity contribution in [1.82, 2.24) is 0 Å². The van der Waals surface area contributed by atoms with E-state index in [9.17, 15) is 8.78 Å². The number of halogens is 2. The molecule has 4 heteroatoms. The van der Waals surface area contributed by atoms with Gasteiger partial charge in [0.25, 0.3) is 0 Å². The quantitative estimate of drug-likeness (QED) is 0.902. The van der Waals surface area contributed by atoms with Crippen molar-refractivity contribution in [1.29, 1.82) is 0 Å². The van der Waals surface area contributed by atoms with Crippen LogP contribution in [0.1, 0.15) is 29.7 Å². The molecule has 2 rings (SSSR count). The molecule has 20 heavy (non-hydrogen) atoms. The molecule has 0 aliphatic heterocycles. The van der Waals surface area contributed by atoms with Crippen LogP contribution >= 0.6 is 0 Å². The van der Waals surface area contributed by atoms with Crippen molar-refractivity contribution in [2.45, 2.75) is 26.8 Å². The summed E-state index contributed by atoms with van der Waals surface area (Å²) in [5.41, 5.74) is 7.57. The van der Waals surface area contributed by atoms with E-state index in [4.69, 9.17) is 10.5 Å². The van der Waals surface area contributed by atoms with Crippen molar-refractivity contribution in [2.75, 3.05) is 0 Å². The Morgan fingerprint density at radius 1 is 1.00 bits per heavy atom. The fourth-order valence-corrected chi connectivity index (χ4v) is 1.96. The van der Waals surface area contributed by atoms with Crippen molar-refractivity contribution >= 4 is 0 Å². The average molecular weight is 277 g/mol.